The molecule has 2 rings (SSSR count). The second-order valence-corrected chi connectivity index (χ2v) is 4.45. The largest absolute Gasteiger partial charge is 0.461 e. The summed E-state index contributed by atoms with van der Waals surface area (Å²) in [7, 11) is 0. The number of rotatable bonds is 3. The van der Waals surface area contributed by atoms with Gasteiger partial charge in [0.15, 0.2) is 0 Å². The number of hydrogen-bond acceptors (Lipinski definition) is 2. The number of carbonyl (C=O) groups excluding carboxylic acids is 1. The Hall–Kier alpha value is -1.55. The fourth-order valence-corrected chi connectivity index (χ4v) is 1.79. The summed E-state index contributed by atoms with van der Waals surface area (Å²) >= 11 is 3.39. The number of nitrogens with one attached hydrogen (secondary N) is 1. The Balaban J connectivity index is 2.23. The maximum absolute atomic E-state index is 11.5. The molecule has 0 saturated carbocycles. The van der Waals surface area contributed by atoms with Crippen LogP contribution in [0.3, 0.4) is 0 Å². The van der Waals surface area contributed by atoms with E-state index in [4.69, 9.17) is 4.74 Å². The minimum absolute atomic E-state index is 0.323. The molecule has 0 aliphatic carbocycles. The van der Waals surface area contributed by atoms with Crippen LogP contribution in [0.25, 0.3) is 11.1 Å². The lowest BCUT2D eigenvalue weighted by molar-refractivity contribution is 0.0520. The molecule has 0 spiro atoms. The van der Waals surface area contributed by atoms with Gasteiger partial charge in [0, 0.05) is 10.7 Å². The SMILES string of the molecule is CCOC(=O)c1cc(-c2ccc(Br)cc2)c[nH]1. The number of hydrogen-bond donors (Lipinski definition) is 1. The third kappa shape index (κ3) is 2.77. The van der Waals surface area contributed by atoms with Crippen molar-refractivity contribution in [3.63, 3.8) is 0 Å². The molecule has 0 aliphatic heterocycles. The first kappa shape index (κ1) is 11.9. The van der Waals surface area contributed by atoms with E-state index < -0.39 is 0 Å². The van der Waals surface area contributed by atoms with Gasteiger partial charge in [0.1, 0.15) is 5.69 Å². The lowest BCUT2D eigenvalue weighted by Gasteiger charge is -1.98. The molecule has 0 saturated heterocycles. The maximum Gasteiger partial charge on any atom is 0.354 e. The second kappa shape index (κ2) is 5.19. The van der Waals surface area contributed by atoms with Crippen molar-refractivity contribution in [2.24, 2.45) is 0 Å². The molecule has 1 heterocycles. The zero-order valence-electron chi connectivity index (χ0n) is 9.37. The van der Waals surface area contributed by atoms with Crippen molar-refractivity contribution in [1.29, 1.82) is 0 Å². The van der Waals surface area contributed by atoms with Crippen LogP contribution in [-0.4, -0.2) is 17.6 Å². The Labute approximate surface area is 108 Å². The fourth-order valence-electron chi connectivity index (χ4n) is 1.53. The lowest BCUT2D eigenvalue weighted by Crippen LogP contribution is -2.04. The molecule has 4 heteroatoms. The van der Waals surface area contributed by atoms with E-state index in [-0.39, 0.29) is 5.97 Å². The number of carbonyl (C=O) groups is 1. The molecule has 1 aromatic carbocycles. The van der Waals surface area contributed by atoms with Crippen LogP contribution in [0.2, 0.25) is 0 Å². The topological polar surface area (TPSA) is 42.1 Å². The van der Waals surface area contributed by atoms with Crippen molar-refractivity contribution in [3.05, 3.63) is 46.7 Å². The number of H-pyrrole nitrogens is 1. The Kier molecular flexibility index (Phi) is 3.64. The van der Waals surface area contributed by atoms with Gasteiger partial charge in [0.2, 0.25) is 0 Å². The van der Waals surface area contributed by atoms with Crippen molar-refractivity contribution in [3.8, 4) is 11.1 Å². The van der Waals surface area contributed by atoms with E-state index >= 15 is 0 Å². The molecular formula is C13H12BrNO2. The van der Waals surface area contributed by atoms with Gasteiger partial charge >= 0.3 is 5.97 Å². The van der Waals surface area contributed by atoms with Gasteiger partial charge < -0.3 is 9.72 Å². The van der Waals surface area contributed by atoms with Crippen LogP contribution < -0.4 is 0 Å². The van der Waals surface area contributed by atoms with Gasteiger partial charge in [-0.2, -0.15) is 0 Å². The van der Waals surface area contributed by atoms with Crippen molar-refractivity contribution in [1.82, 2.24) is 4.98 Å². The van der Waals surface area contributed by atoms with Crippen molar-refractivity contribution < 1.29 is 9.53 Å². The average Bonchev–Trinajstić information content (AvgIpc) is 2.80. The van der Waals surface area contributed by atoms with Crippen LogP contribution in [0.15, 0.2) is 41.0 Å². The van der Waals surface area contributed by atoms with E-state index in [1.807, 2.05) is 24.3 Å². The zero-order valence-corrected chi connectivity index (χ0v) is 11.0. The van der Waals surface area contributed by atoms with E-state index in [0.717, 1.165) is 15.6 Å². The molecular weight excluding hydrogens is 282 g/mol. The first-order chi connectivity index (χ1) is 8.20. The summed E-state index contributed by atoms with van der Waals surface area (Å²) in [4.78, 5) is 14.4. The van der Waals surface area contributed by atoms with Gasteiger partial charge in [0.25, 0.3) is 0 Å². The number of ether oxygens (including phenoxy) is 1. The highest BCUT2D eigenvalue weighted by atomic mass is 79.9. The smallest absolute Gasteiger partial charge is 0.354 e. The lowest BCUT2D eigenvalue weighted by atomic mass is 10.1. The molecule has 1 N–H and O–H groups in total. The summed E-state index contributed by atoms with van der Waals surface area (Å²) in [6, 6.07) is 9.70. The van der Waals surface area contributed by atoms with E-state index in [2.05, 4.69) is 20.9 Å². The summed E-state index contributed by atoms with van der Waals surface area (Å²) in [5, 5.41) is 0. The molecule has 2 aromatic rings. The van der Waals surface area contributed by atoms with Crippen molar-refractivity contribution in [2.45, 2.75) is 6.92 Å². The average molecular weight is 294 g/mol. The highest BCUT2D eigenvalue weighted by Crippen LogP contribution is 2.22. The molecule has 88 valence electrons. The fraction of sp³-hybridized carbons (Fsp3) is 0.154. The van der Waals surface area contributed by atoms with Gasteiger partial charge in [-0.3, -0.25) is 0 Å². The minimum Gasteiger partial charge on any atom is -0.461 e. The minimum atomic E-state index is -0.323. The molecule has 17 heavy (non-hydrogen) atoms. The summed E-state index contributed by atoms with van der Waals surface area (Å²) < 4.78 is 5.95. The first-order valence-electron chi connectivity index (χ1n) is 5.32. The van der Waals surface area contributed by atoms with Crippen molar-refractivity contribution >= 4 is 21.9 Å². The number of aromatic amines is 1. The standard InChI is InChI=1S/C13H12BrNO2/c1-2-17-13(16)12-7-10(8-15-12)9-3-5-11(14)6-4-9/h3-8,15H,2H2,1H3. The third-order valence-corrected chi connectivity index (χ3v) is 2.88. The predicted molar refractivity (Wildman–Crippen MR) is 69.9 cm³/mol. The Morgan fingerprint density at radius 1 is 1.29 bits per heavy atom. The van der Waals surface area contributed by atoms with Crippen LogP contribution in [0.4, 0.5) is 0 Å². The maximum atomic E-state index is 11.5. The molecule has 3 nitrogen and oxygen atoms in total. The Morgan fingerprint density at radius 2 is 2.00 bits per heavy atom. The van der Waals surface area contributed by atoms with Crippen LogP contribution in [0, 0.1) is 0 Å². The third-order valence-electron chi connectivity index (χ3n) is 2.36. The highest BCUT2D eigenvalue weighted by molar-refractivity contribution is 9.10. The molecule has 0 atom stereocenters. The first-order valence-corrected chi connectivity index (χ1v) is 6.11. The van der Waals surface area contributed by atoms with Crippen LogP contribution in [-0.2, 0) is 4.74 Å². The van der Waals surface area contributed by atoms with Gasteiger partial charge in [-0.05, 0) is 36.2 Å². The van der Waals surface area contributed by atoms with Crippen molar-refractivity contribution in [2.75, 3.05) is 6.61 Å². The van der Waals surface area contributed by atoms with Crippen LogP contribution >= 0.6 is 15.9 Å². The number of benzene rings is 1. The normalized spacial score (nSPS) is 10.2. The van der Waals surface area contributed by atoms with E-state index in [1.165, 1.54) is 0 Å². The Morgan fingerprint density at radius 3 is 2.65 bits per heavy atom. The molecule has 0 unspecified atom stereocenters. The summed E-state index contributed by atoms with van der Waals surface area (Å²) in [6.07, 6.45) is 1.80. The highest BCUT2D eigenvalue weighted by Gasteiger charge is 2.09. The van der Waals surface area contributed by atoms with Crippen LogP contribution in [0.5, 0.6) is 0 Å². The zero-order chi connectivity index (χ0) is 12.3. The molecule has 0 bridgehead atoms. The van der Waals surface area contributed by atoms with Gasteiger partial charge in [-0.25, -0.2) is 4.79 Å². The number of halogens is 1. The van der Waals surface area contributed by atoms with Gasteiger partial charge in [-0.1, -0.05) is 28.1 Å². The molecule has 1 aromatic heterocycles. The molecule has 0 radical (unpaired) electrons. The second-order valence-electron chi connectivity index (χ2n) is 3.53. The van der Waals surface area contributed by atoms with Crippen LogP contribution in [0.1, 0.15) is 17.4 Å². The van der Waals surface area contributed by atoms with Gasteiger partial charge in [-0.15, -0.1) is 0 Å². The molecule has 0 aliphatic rings. The summed E-state index contributed by atoms with van der Waals surface area (Å²) in [5.74, 6) is -0.323. The monoisotopic (exact) mass is 293 g/mol. The number of esters is 1. The predicted octanol–water partition coefficient (Wildman–Crippen LogP) is 3.62. The Bertz CT molecular complexity index is 516. The van der Waals surface area contributed by atoms with E-state index in [0.29, 0.717) is 12.3 Å². The molecule has 0 fully saturated rings. The van der Waals surface area contributed by atoms with E-state index in [9.17, 15) is 4.79 Å². The quantitative estimate of drug-likeness (QED) is 0.878. The number of aromatic nitrogens is 1. The van der Waals surface area contributed by atoms with E-state index in [1.54, 1.807) is 19.2 Å². The summed E-state index contributed by atoms with van der Waals surface area (Å²) in [5.41, 5.74) is 2.50. The van der Waals surface area contributed by atoms with Gasteiger partial charge in [0.05, 0.1) is 6.61 Å². The summed E-state index contributed by atoms with van der Waals surface area (Å²) in [6.45, 7) is 2.17. The molecule has 0 amide bonds.